The number of aryl methyl sites for hydroxylation is 1. The first kappa shape index (κ1) is 12.6. The zero-order valence-corrected chi connectivity index (χ0v) is 10.3. The minimum atomic E-state index is -0.375. The van der Waals surface area contributed by atoms with Gasteiger partial charge in [0.1, 0.15) is 6.61 Å². The lowest BCUT2D eigenvalue weighted by atomic mass is 10.1. The van der Waals surface area contributed by atoms with Crippen LogP contribution in [0.2, 0.25) is 0 Å². The molecule has 3 nitrogen and oxygen atoms in total. The molecular weight excluding hydrogens is 228 g/mol. The molecule has 0 aliphatic heterocycles. The highest BCUT2D eigenvalue weighted by atomic mass is 16.5. The number of esters is 1. The van der Waals surface area contributed by atoms with Gasteiger partial charge >= 0.3 is 5.97 Å². The van der Waals surface area contributed by atoms with Crippen molar-refractivity contribution in [3.8, 4) is 11.1 Å². The molecule has 1 N–H and O–H groups in total. The van der Waals surface area contributed by atoms with Gasteiger partial charge in [-0.25, -0.2) is 4.79 Å². The molecule has 18 heavy (non-hydrogen) atoms. The van der Waals surface area contributed by atoms with Crippen molar-refractivity contribution in [2.24, 2.45) is 0 Å². The molecule has 0 fully saturated rings. The van der Waals surface area contributed by atoms with Gasteiger partial charge in [0, 0.05) is 0 Å². The average Bonchev–Trinajstić information content (AvgIpc) is 2.58. The van der Waals surface area contributed by atoms with Crippen molar-refractivity contribution in [1.82, 2.24) is 0 Å². The van der Waals surface area contributed by atoms with Gasteiger partial charge in [-0.1, -0.05) is 37.3 Å². The monoisotopic (exact) mass is 244 g/mol. The number of fused-ring (bicyclic) bond motifs is 1. The lowest BCUT2D eigenvalue weighted by Crippen LogP contribution is -2.08. The first-order chi connectivity index (χ1) is 8.77. The Hall–Kier alpha value is -1.87. The molecule has 0 aromatic rings. The van der Waals surface area contributed by atoms with Gasteiger partial charge in [0.15, 0.2) is 0 Å². The quantitative estimate of drug-likeness (QED) is 0.840. The van der Waals surface area contributed by atoms with Crippen molar-refractivity contribution in [3.05, 3.63) is 47.5 Å². The molecule has 94 valence electrons. The Morgan fingerprint density at radius 2 is 1.94 bits per heavy atom. The fourth-order valence-corrected chi connectivity index (χ4v) is 2.07. The van der Waals surface area contributed by atoms with E-state index in [9.17, 15) is 4.79 Å². The third-order valence-corrected chi connectivity index (χ3v) is 2.92. The Labute approximate surface area is 106 Å². The van der Waals surface area contributed by atoms with Gasteiger partial charge in [0.25, 0.3) is 0 Å². The highest BCUT2D eigenvalue weighted by Crippen LogP contribution is 2.32. The number of aliphatic hydroxyl groups excluding tert-OH is 1. The van der Waals surface area contributed by atoms with E-state index in [1.807, 2.05) is 36.4 Å². The molecule has 0 unspecified atom stereocenters. The van der Waals surface area contributed by atoms with Crippen LogP contribution in [-0.4, -0.2) is 24.3 Å². The fraction of sp³-hybridized carbons (Fsp3) is 0.267. The number of hydrogen-bond acceptors (Lipinski definition) is 3. The normalized spacial score (nSPS) is 10.6. The summed E-state index contributed by atoms with van der Waals surface area (Å²) in [6, 6.07) is 11.6. The van der Waals surface area contributed by atoms with Crippen LogP contribution in [0.3, 0.4) is 0 Å². The Morgan fingerprint density at radius 1 is 1.22 bits per heavy atom. The maximum Gasteiger partial charge on any atom is 0.338 e. The van der Waals surface area contributed by atoms with E-state index in [-0.39, 0.29) is 19.2 Å². The van der Waals surface area contributed by atoms with Crippen LogP contribution in [0.5, 0.6) is 0 Å². The van der Waals surface area contributed by atoms with Gasteiger partial charge in [-0.2, -0.15) is 0 Å². The molecule has 0 amide bonds. The Balaban J connectivity index is 2.43. The number of aliphatic hydroxyl groups is 1. The third-order valence-electron chi connectivity index (χ3n) is 2.92. The van der Waals surface area contributed by atoms with Crippen molar-refractivity contribution in [1.29, 1.82) is 0 Å². The minimum absolute atomic E-state index is 0.0337. The van der Waals surface area contributed by atoms with E-state index >= 15 is 0 Å². The standard InChI is InChI=1S/C15H16O3/c1-2-11-10-14(15(17)18-9-8-16)13-7-5-3-4-6-12(11)13/h3-7,10,16H,2,8-9H2,1H3. The van der Waals surface area contributed by atoms with E-state index in [1.165, 1.54) is 0 Å². The van der Waals surface area contributed by atoms with E-state index in [1.54, 1.807) is 0 Å². The molecule has 0 heterocycles. The van der Waals surface area contributed by atoms with Gasteiger partial charge in [-0.15, -0.1) is 0 Å². The largest absolute Gasteiger partial charge is 0.460 e. The predicted octanol–water partition coefficient (Wildman–Crippen LogP) is 2.50. The molecule has 2 aliphatic rings. The molecule has 0 atom stereocenters. The maximum atomic E-state index is 11.9. The van der Waals surface area contributed by atoms with Crippen molar-refractivity contribution < 1.29 is 14.6 Å². The van der Waals surface area contributed by atoms with E-state index in [2.05, 4.69) is 6.92 Å². The summed E-state index contributed by atoms with van der Waals surface area (Å²) in [6.45, 7) is 1.94. The zero-order valence-electron chi connectivity index (χ0n) is 10.3. The second kappa shape index (κ2) is 5.65. The summed E-state index contributed by atoms with van der Waals surface area (Å²) in [5.74, 6) is -0.375. The Morgan fingerprint density at radius 3 is 2.61 bits per heavy atom. The highest BCUT2D eigenvalue weighted by Gasteiger charge is 2.19. The molecule has 0 aromatic heterocycles. The van der Waals surface area contributed by atoms with Crippen LogP contribution < -0.4 is 0 Å². The van der Waals surface area contributed by atoms with E-state index in [0.29, 0.717) is 5.56 Å². The van der Waals surface area contributed by atoms with Gasteiger partial charge < -0.3 is 9.84 Å². The Bertz CT molecular complexity index is 519. The maximum absolute atomic E-state index is 11.9. The highest BCUT2D eigenvalue weighted by molar-refractivity contribution is 6.00. The molecule has 0 radical (unpaired) electrons. The molecule has 3 heteroatoms. The molecule has 0 spiro atoms. The van der Waals surface area contributed by atoms with Crippen molar-refractivity contribution in [2.75, 3.05) is 13.2 Å². The van der Waals surface area contributed by atoms with Crippen LogP contribution in [0.1, 0.15) is 22.8 Å². The summed E-state index contributed by atoms with van der Waals surface area (Å²) >= 11 is 0. The van der Waals surface area contributed by atoms with Crippen LogP contribution in [0, 0.1) is 0 Å². The Kier molecular flexibility index (Phi) is 3.95. The minimum Gasteiger partial charge on any atom is -0.460 e. The van der Waals surface area contributed by atoms with E-state index in [0.717, 1.165) is 23.1 Å². The SMILES string of the molecule is CCc1cc(C(=O)OCCO)c2cccccc1-2. The van der Waals surface area contributed by atoms with E-state index < -0.39 is 0 Å². The second-order valence-electron chi connectivity index (χ2n) is 4.03. The van der Waals surface area contributed by atoms with Crippen molar-refractivity contribution in [3.63, 3.8) is 0 Å². The topological polar surface area (TPSA) is 46.5 Å². The number of carbonyl (C=O) groups excluding carboxylic acids is 1. The van der Waals surface area contributed by atoms with Crippen LogP contribution in [0.25, 0.3) is 11.1 Å². The molecule has 2 rings (SSSR count). The summed E-state index contributed by atoms with van der Waals surface area (Å²) < 4.78 is 4.98. The summed E-state index contributed by atoms with van der Waals surface area (Å²) in [4.78, 5) is 11.9. The third kappa shape index (κ3) is 2.36. The summed E-state index contributed by atoms with van der Waals surface area (Å²) in [5.41, 5.74) is 3.70. The van der Waals surface area contributed by atoms with Gasteiger partial charge in [-0.3, -0.25) is 0 Å². The summed E-state index contributed by atoms with van der Waals surface area (Å²) in [6.07, 6.45) is 0.869. The summed E-state index contributed by atoms with van der Waals surface area (Å²) in [5, 5.41) is 8.69. The lowest BCUT2D eigenvalue weighted by molar-refractivity contribution is 0.0435. The van der Waals surface area contributed by atoms with Crippen LogP contribution >= 0.6 is 0 Å². The van der Waals surface area contributed by atoms with E-state index in [4.69, 9.17) is 9.84 Å². The first-order valence-electron chi connectivity index (χ1n) is 6.06. The van der Waals surface area contributed by atoms with Gasteiger partial charge in [0.05, 0.1) is 12.2 Å². The fourth-order valence-electron chi connectivity index (χ4n) is 2.07. The second-order valence-corrected chi connectivity index (χ2v) is 4.03. The summed E-state index contributed by atoms with van der Waals surface area (Å²) in [7, 11) is 0. The van der Waals surface area contributed by atoms with Crippen LogP contribution in [0.4, 0.5) is 0 Å². The zero-order chi connectivity index (χ0) is 13.0. The average molecular weight is 244 g/mol. The molecule has 0 saturated heterocycles. The predicted molar refractivity (Wildman–Crippen MR) is 69.8 cm³/mol. The van der Waals surface area contributed by atoms with Gasteiger partial charge in [0.2, 0.25) is 0 Å². The number of ether oxygens (including phenoxy) is 1. The van der Waals surface area contributed by atoms with Crippen LogP contribution in [0.15, 0.2) is 36.4 Å². The molecule has 0 bridgehead atoms. The molecule has 2 aliphatic carbocycles. The molecule has 0 saturated carbocycles. The molecular formula is C15H16O3. The molecule has 0 aromatic carbocycles. The van der Waals surface area contributed by atoms with Crippen molar-refractivity contribution in [2.45, 2.75) is 13.3 Å². The number of rotatable bonds is 4. The van der Waals surface area contributed by atoms with Crippen LogP contribution in [-0.2, 0) is 11.2 Å². The first-order valence-corrected chi connectivity index (χ1v) is 6.06. The smallest absolute Gasteiger partial charge is 0.338 e. The number of hydrogen-bond donors (Lipinski definition) is 1. The van der Waals surface area contributed by atoms with Gasteiger partial charge in [-0.05, 0) is 29.2 Å². The number of carbonyl (C=O) groups is 1. The lowest BCUT2D eigenvalue weighted by Gasteiger charge is -2.02. The van der Waals surface area contributed by atoms with Crippen molar-refractivity contribution >= 4 is 5.97 Å².